The largest absolute Gasteiger partial charge is 0.493 e. The molecular weight excluding hydrogens is 370 g/mol. The summed E-state index contributed by atoms with van der Waals surface area (Å²) in [7, 11) is 3.29. The van der Waals surface area contributed by atoms with Crippen molar-refractivity contribution in [2.24, 2.45) is 0 Å². The van der Waals surface area contributed by atoms with Crippen LogP contribution in [-0.4, -0.2) is 31.7 Å². The molecule has 0 saturated heterocycles. The molecule has 0 radical (unpaired) electrons. The Balaban J connectivity index is 1.44. The highest BCUT2D eigenvalue weighted by Crippen LogP contribution is 2.34. The maximum atomic E-state index is 12.3. The van der Waals surface area contributed by atoms with Crippen LogP contribution >= 0.6 is 0 Å². The second-order valence-electron chi connectivity index (χ2n) is 6.81. The van der Waals surface area contributed by atoms with Gasteiger partial charge in [-0.2, -0.15) is 0 Å². The van der Waals surface area contributed by atoms with Gasteiger partial charge in [0, 0.05) is 13.1 Å². The molecular formula is C22H23N3O4. The van der Waals surface area contributed by atoms with Crippen molar-refractivity contribution < 1.29 is 18.7 Å². The number of nitrogens with zero attached hydrogens (tertiary/aromatic N) is 2. The van der Waals surface area contributed by atoms with Gasteiger partial charge in [-0.1, -0.05) is 0 Å². The second-order valence-corrected chi connectivity index (χ2v) is 6.81. The van der Waals surface area contributed by atoms with Crippen LogP contribution in [0.15, 0.2) is 53.3 Å². The summed E-state index contributed by atoms with van der Waals surface area (Å²) in [5.41, 5.74) is 3.83. The van der Waals surface area contributed by atoms with E-state index in [0.717, 1.165) is 36.7 Å². The van der Waals surface area contributed by atoms with Gasteiger partial charge in [-0.3, -0.25) is 4.79 Å². The molecule has 1 aromatic carbocycles. The maximum absolute atomic E-state index is 12.3. The van der Waals surface area contributed by atoms with Crippen molar-refractivity contribution in [1.29, 1.82) is 0 Å². The molecule has 1 aliphatic rings. The Morgan fingerprint density at radius 2 is 1.97 bits per heavy atom. The number of rotatable bonds is 6. The molecule has 0 saturated carbocycles. The highest BCUT2D eigenvalue weighted by molar-refractivity contribution is 5.92. The number of nitrogens with one attached hydrogen (secondary N) is 1. The van der Waals surface area contributed by atoms with E-state index in [2.05, 4.69) is 21.3 Å². The van der Waals surface area contributed by atoms with E-state index in [1.807, 2.05) is 18.2 Å². The Kier molecular flexibility index (Phi) is 5.37. The summed E-state index contributed by atoms with van der Waals surface area (Å²) in [5.74, 6) is 1.96. The molecule has 7 heteroatoms. The smallest absolute Gasteiger partial charge is 0.270 e. The lowest BCUT2D eigenvalue weighted by molar-refractivity contribution is 0.0943. The quantitative estimate of drug-likeness (QED) is 0.693. The molecule has 1 amide bonds. The number of pyridine rings is 1. The van der Waals surface area contributed by atoms with Crippen LogP contribution in [-0.2, 0) is 19.5 Å². The SMILES string of the molecule is COc1cc2c(cc1OC)CN(c1ccc(C(=O)NCc3ccco3)nc1)CC2. The molecule has 0 unspecified atom stereocenters. The first kappa shape index (κ1) is 18.9. The Bertz CT molecular complexity index is 984. The van der Waals surface area contributed by atoms with Crippen molar-refractivity contribution in [1.82, 2.24) is 10.3 Å². The summed E-state index contributed by atoms with van der Waals surface area (Å²) >= 11 is 0. The fraction of sp³-hybridized carbons (Fsp3) is 0.273. The number of hydrogen-bond acceptors (Lipinski definition) is 6. The predicted octanol–water partition coefficient (Wildman–Crippen LogP) is 3.18. The van der Waals surface area contributed by atoms with Crippen LogP contribution in [0.2, 0.25) is 0 Å². The zero-order valence-electron chi connectivity index (χ0n) is 16.5. The van der Waals surface area contributed by atoms with E-state index >= 15 is 0 Å². The minimum Gasteiger partial charge on any atom is -0.493 e. The van der Waals surface area contributed by atoms with Gasteiger partial charge in [0.15, 0.2) is 11.5 Å². The molecule has 7 nitrogen and oxygen atoms in total. The third kappa shape index (κ3) is 4.03. The number of benzene rings is 1. The van der Waals surface area contributed by atoms with E-state index in [-0.39, 0.29) is 5.91 Å². The summed E-state index contributed by atoms with van der Waals surface area (Å²) in [6, 6.07) is 11.4. The van der Waals surface area contributed by atoms with Gasteiger partial charge in [0.2, 0.25) is 0 Å². The summed E-state index contributed by atoms with van der Waals surface area (Å²) < 4.78 is 16.0. The lowest BCUT2D eigenvalue weighted by atomic mass is 9.98. The molecule has 2 aromatic heterocycles. The van der Waals surface area contributed by atoms with E-state index in [1.54, 1.807) is 38.8 Å². The lowest BCUT2D eigenvalue weighted by Crippen LogP contribution is -2.30. The van der Waals surface area contributed by atoms with Gasteiger partial charge in [-0.05, 0) is 53.9 Å². The predicted molar refractivity (Wildman–Crippen MR) is 108 cm³/mol. The molecule has 1 N–H and O–H groups in total. The van der Waals surface area contributed by atoms with Crippen LogP contribution in [0.25, 0.3) is 0 Å². The number of hydrogen-bond donors (Lipinski definition) is 1. The number of furan rings is 1. The van der Waals surface area contributed by atoms with Crippen molar-refractivity contribution in [3.8, 4) is 11.5 Å². The van der Waals surface area contributed by atoms with Crippen LogP contribution in [0.3, 0.4) is 0 Å². The number of anilines is 1. The average molecular weight is 393 g/mol. The minimum atomic E-state index is -0.228. The van der Waals surface area contributed by atoms with E-state index in [1.165, 1.54) is 11.1 Å². The number of methoxy groups -OCH3 is 2. The van der Waals surface area contributed by atoms with Gasteiger partial charge in [-0.25, -0.2) is 4.98 Å². The topological polar surface area (TPSA) is 76.8 Å². The van der Waals surface area contributed by atoms with Crippen LogP contribution in [0.4, 0.5) is 5.69 Å². The van der Waals surface area contributed by atoms with Crippen molar-refractivity contribution in [3.63, 3.8) is 0 Å². The molecule has 3 heterocycles. The van der Waals surface area contributed by atoms with Crippen LogP contribution < -0.4 is 19.7 Å². The Morgan fingerprint density at radius 1 is 1.17 bits per heavy atom. The third-order valence-electron chi connectivity index (χ3n) is 5.07. The van der Waals surface area contributed by atoms with Gasteiger partial charge >= 0.3 is 0 Å². The highest BCUT2D eigenvalue weighted by atomic mass is 16.5. The van der Waals surface area contributed by atoms with E-state index in [4.69, 9.17) is 13.9 Å². The second kappa shape index (κ2) is 8.26. The first-order valence-electron chi connectivity index (χ1n) is 9.43. The molecule has 0 spiro atoms. The highest BCUT2D eigenvalue weighted by Gasteiger charge is 2.20. The van der Waals surface area contributed by atoms with Crippen molar-refractivity contribution >= 4 is 11.6 Å². The van der Waals surface area contributed by atoms with Gasteiger partial charge in [0.1, 0.15) is 11.5 Å². The standard InChI is InChI=1S/C22H23N3O4/c1-27-20-10-15-7-8-25(14-16(15)11-21(20)28-2)17-5-6-19(23-12-17)22(26)24-13-18-4-3-9-29-18/h3-6,9-12H,7-8,13-14H2,1-2H3,(H,24,26). The van der Waals surface area contributed by atoms with Crippen LogP contribution in [0.5, 0.6) is 11.5 Å². The Hall–Kier alpha value is -3.48. The zero-order chi connectivity index (χ0) is 20.2. The molecule has 4 rings (SSSR count). The summed E-state index contributed by atoms with van der Waals surface area (Å²) in [5, 5.41) is 2.80. The fourth-order valence-electron chi connectivity index (χ4n) is 3.48. The van der Waals surface area contributed by atoms with Crippen LogP contribution in [0.1, 0.15) is 27.4 Å². The molecule has 150 valence electrons. The normalized spacial score (nSPS) is 13.0. The Morgan fingerprint density at radius 3 is 2.62 bits per heavy atom. The number of carbonyl (C=O) groups excluding carboxylic acids is 1. The molecule has 3 aromatic rings. The van der Waals surface area contributed by atoms with Gasteiger partial charge in [0.05, 0.1) is 38.9 Å². The summed E-state index contributed by atoms with van der Waals surface area (Å²) in [6.07, 6.45) is 4.23. The van der Waals surface area contributed by atoms with Crippen molar-refractivity contribution in [3.05, 3.63) is 71.4 Å². The number of ether oxygens (including phenoxy) is 2. The average Bonchev–Trinajstić information content (AvgIpc) is 3.30. The summed E-state index contributed by atoms with van der Waals surface area (Å²) in [6.45, 7) is 1.96. The number of aromatic nitrogens is 1. The van der Waals surface area contributed by atoms with E-state index in [9.17, 15) is 4.79 Å². The number of carbonyl (C=O) groups is 1. The Labute approximate surface area is 169 Å². The third-order valence-corrected chi connectivity index (χ3v) is 5.07. The maximum Gasteiger partial charge on any atom is 0.270 e. The zero-order valence-corrected chi connectivity index (χ0v) is 16.5. The molecule has 0 atom stereocenters. The lowest BCUT2D eigenvalue weighted by Gasteiger charge is -2.31. The molecule has 0 aliphatic carbocycles. The molecule has 0 bridgehead atoms. The minimum absolute atomic E-state index is 0.228. The molecule has 29 heavy (non-hydrogen) atoms. The first-order valence-corrected chi connectivity index (χ1v) is 9.43. The number of amides is 1. The monoisotopic (exact) mass is 393 g/mol. The van der Waals surface area contributed by atoms with E-state index < -0.39 is 0 Å². The van der Waals surface area contributed by atoms with Gasteiger partial charge < -0.3 is 24.1 Å². The fourth-order valence-corrected chi connectivity index (χ4v) is 3.48. The summed E-state index contributed by atoms with van der Waals surface area (Å²) in [4.78, 5) is 18.9. The number of fused-ring (bicyclic) bond motifs is 1. The van der Waals surface area contributed by atoms with Crippen molar-refractivity contribution in [2.45, 2.75) is 19.5 Å². The van der Waals surface area contributed by atoms with Gasteiger partial charge in [0.25, 0.3) is 5.91 Å². The van der Waals surface area contributed by atoms with Gasteiger partial charge in [-0.15, -0.1) is 0 Å². The molecule has 1 aliphatic heterocycles. The van der Waals surface area contributed by atoms with Crippen LogP contribution in [0, 0.1) is 0 Å². The van der Waals surface area contributed by atoms with E-state index in [0.29, 0.717) is 18.0 Å². The first-order chi connectivity index (χ1) is 14.2. The van der Waals surface area contributed by atoms with Crippen molar-refractivity contribution in [2.75, 3.05) is 25.7 Å². The molecule has 0 fully saturated rings.